The molecular formula is C15H22N2O. The molecule has 1 aliphatic carbocycles. The van der Waals surface area contributed by atoms with E-state index in [1.807, 2.05) is 30.3 Å². The smallest absolute Gasteiger partial charge is 0.237 e. The second-order valence-corrected chi connectivity index (χ2v) is 5.17. The molecular weight excluding hydrogens is 224 g/mol. The van der Waals surface area contributed by atoms with Crippen LogP contribution in [0.2, 0.25) is 0 Å². The van der Waals surface area contributed by atoms with Crippen molar-refractivity contribution in [3.8, 4) is 0 Å². The molecule has 1 unspecified atom stereocenters. The van der Waals surface area contributed by atoms with Gasteiger partial charge in [0.15, 0.2) is 0 Å². The van der Waals surface area contributed by atoms with E-state index in [2.05, 4.69) is 5.32 Å². The number of hydrogen-bond donors (Lipinski definition) is 2. The normalized spacial score (nSPS) is 16.9. The van der Waals surface area contributed by atoms with Gasteiger partial charge in [0.25, 0.3) is 0 Å². The fourth-order valence-electron chi connectivity index (χ4n) is 2.27. The van der Waals surface area contributed by atoms with Crippen LogP contribution in [0.1, 0.15) is 31.2 Å². The first kappa shape index (κ1) is 13.1. The van der Waals surface area contributed by atoms with Gasteiger partial charge in [-0.1, -0.05) is 49.6 Å². The third-order valence-electron chi connectivity index (χ3n) is 3.71. The van der Waals surface area contributed by atoms with Gasteiger partial charge in [-0.2, -0.15) is 0 Å². The van der Waals surface area contributed by atoms with E-state index >= 15 is 0 Å². The Morgan fingerprint density at radius 1 is 1.33 bits per heavy atom. The van der Waals surface area contributed by atoms with Crippen LogP contribution in [-0.2, 0) is 11.2 Å². The van der Waals surface area contributed by atoms with E-state index in [4.69, 9.17) is 5.73 Å². The van der Waals surface area contributed by atoms with E-state index < -0.39 is 6.04 Å². The molecule has 3 N–H and O–H groups in total. The lowest BCUT2D eigenvalue weighted by Crippen LogP contribution is -2.42. The van der Waals surface area contributed by atoms with Gasteiger partial charge in [0.05, 0.1) is 6.04 Å². The van der Waals surface area contributed by atoms with E-state index in [9.17, 15) is 4.79 Å². The lowest BCUT2D eigenvalue weighted by atomic mass is 9.83. The van der Waals surface area contributed by atoms with E-state index in [-0.39, 0.29) is 5.91 Å². The van der Waals surface area contributed by atoms with Crippen LogP contribution in [0.5, 0.6) is 0 Å². The van der Waals surface area contributed by atoms with Crippen LogP contribution in [0, 0.1) is 5.92 Å². The summed E-state index contributed by atoms with van der Waals surface area (Å²) in [6.07, 6.45) is 5.71. The van der Waals surface area contributed by atoms with Crippen LogP contribution in [0.3, 0.4) is 0 Å². The van der Waals surface area contributed by atoms with Gasteiger partial charge in [0.1, 0.15) is 0 Å². The predicted octanol–water partition coefficient (Wildman–Crippen LogP) is 1.86. The van der Waals surface area contributed by atoms with E-state index in [1.165, 1.54) is 19.3 Å². The Hall–Kier alpha value is -1.35. The maximum Gasteiger partial charge on any atom is 0.237 e. The van der Waals surface area contributed by atoms with Crippen molar-refractivity contribution < 1.29 is 4.79 Å². The number of rotatable bonds is 6. The lowest BCUT2D eigenvalue weighted by molar-refractivity contribution is -0.122. The molecule has 2 rings (SSSR count). The molecule has 1 amide bonds. The number of carbonyl (C=O) groups excluding carboxylic acids is 1. The summed E-state index contributed by atoms with van der Waals surface area (Å²) in [5.74, 6) is 0.800. The van der Waals surface area contributed by atoms with Crippen LogP contribution < -0.4 is 11.1 Å². The van der Waals surface area contributed by atoms with Gasteiger partial charge in [-0.15, -0.1) is 0 Å². The molecule has 3 heteroatoms. The van der Waals surface area contributed by atoms with Gasteiger partial charge in [-0.3, -0.25) is 4.79 Å². The number of nitrogens with one attached hydrogen (secondary N) is 1. The maximum atomic E-state index is 11.8. The lowest BCUT2D eigenvalue weighted by Gasteiger charge is -2.25. The molecule has 18 heavy (non-hydrogen) atoms. The number of hydrogen-bond acceptors (Lipinski definition) is 2. The molecule has 1 saturated carbocycles. The molecule has 1 aromatic carbocycles. The van der Waals surface area contributed by atoms with Crippen molar-refractivity contribution in [1.29, 1.82) is 0 Å². The zero-order valence-electron chi connectivity index (χ0n) is 10.8. The van der Waals surface area contributed by atoms with Crippen LogP contribution >= 0.6 is 0 Å². The largest absolute Gasteiger partial charge is 0.355 e. The quantitative estimate of drug-likeness (QED) is 0.805. The molecule has 1 aliphatic rings. The molecule has 0 saturated heterocycles. The van der Waals surface area contributed by atoms with Crippen molar-refractivity contribution in [2.24, 2.45) is 11.7 Å². The molecule has 1 aromatic rings. The van der Waals surface area contributed by atoms with E-state index in [0.717, 1.165) is 24.4 Å². The van der Waals surface area contributed by atoms with Gasteiger partial charge in [-0.25, -0.2) is 0 Å². The summed E-state index contributed by atoms with van der Waals surface area (Å²) in [6.45, 7) is 0.770. The summed E-state index contributed by atoms with van der Waals surface area (Å²) in [4.78, 5) is 11.8. The summed E-state index contributed by atoms with van der Waals surface area (Å²) in [5.41, 5.74) is 7.01. The topological polar surface area (TPSA) is 55.1 Å². The molecule has 98 valence electrons. The average molecular weight is 246 g/mol. The van der Waals surface area contributed by atoms with Gasteiger partial charge in [-0.05, 0) is 24.3 Å². The zero-order chi connectivity index (χ0) is 12.8. The zero-order valence-corrected chi connectivity index (χ0v) is 10.8. The highest BCUT2D eigenvalue weighted by Gasteiger charge is 2.18. The van der Waals surface area contributed by atoms with E-state index in [0.29, 0.717) is 6.42 Å². The Balaban J connectivity index is 1.67. The number of benzene rings is 1. The minimum atomic E-state index is -0.436. The highest BCUT2D eigenvalue weighted by atomic mass is 16.2. The molecule has 1 fully saturated rings. The monoisotopic (exact) mass is 246 g/mol. The fourth-order valence-corrected chi connectivity index (χ4v) is 2.27. The van der Waals surface area contributed by atoms with Crippen LogP contribution in [0.25, 0.3) is 0 Å². The minimum Gasteiger partial charge on any atom is -0.355 e. The fraction of sp³-hybridized carbons (Fsp3) is 0.533. The highest BCUT2D eigenvalue weighted by molar-refractivity contribution is 5.81. The number of nitrogens with two attached hydrogens (primary N) is 1. The first-order chi connectivity index (χ1) is 8.75. The Bertz CT molecular complexity index is 373. The predicted molar refractivity (Wildman–Crippen MR) is 73.1 cm³/mol. The molecule has 0 spiro atoms. The molecule has 0 aliphatic heterocycles. The second kappa shape index (κ2) is 6.55. The standard InChI is InChI=1S/C15H22N2O/c16-14(11-13-5-2-1-3-6-13)15(18)17-10-9-12-7-4-8-12/h1-3,5-6,12,14H,4,7-11,16H2,(H,17,18). The Kier molecular flexibility index (Phi) is 4.76. The Labute approximate surface area is 109 Å². The van der Waals surface area contributed by atoms with Crippen LogP contribution in [-0.4, -0.2) is 18.5 Å². The minimum absolute atomic E-state index is 0.0295. The third kappa shape index (κ3) is 3.84. The summed E-state index contributed by atoms with van der Waals surface area (Å²) >= 11 is 0. The highest BCUT2D eigenvalue weighted by Crippen LogP contribution is 2.28. The molecule has 1 atom stereocenters. The summed E-state index contributed by atoms with van der Waals surface area (Å²) in [7, 11) is 0. The van der Waals surface area contributed by atoms with Crippen LogP contribution in [0.4, 0.5) is 0 Å². The molecule has 3 nitrogen and oxygen atoms in total. The Morgan fingerprint density at radius 3 is 2.67 bits per heavy atom. The molecule has 0 aromatic heterocycles. The van der Waals surface area contributed by atoms with Crippen molar-refractivity contribution in [2.75, 3.05) is 6.54 Å². The van der Waals surface area contributed by atoms with Crippen LogP contribution in [0.15, 0.2) is 30.3 Å². The first-order valence-electron chi connectivity index (χ1n) is 6.83. The molecule has 0 bridgehead atoms. The van der Waals surface area contributed by atoms with Gasteiger partial charge in [0, 0.05) is 6.54 Å². The average Bonchev–Trinajstić information content (AvgIpc) is 2.33. The summed E-state index contributed by atoms with van der Waals surface area (Å²) < 4.78 is 0. The van der Waals surface area contributed by atoms with Crippen molar-refractivity contribution in [3.63, 3.8) is 0 Å². The third-order valence-corrected chi connectivity index (χ3v) is 3.71. The number of amides is 1. The summed E-state index contributed by atoms with van der Waals surface area (Å²) in [6, 6.07) is 9.47. The van der Waals surface area contributed by atoms with Gasteiger partial charge >= 0.3 is 0 Å². The van der Waals surface area contributed by atoms with Crippen molar-refractivity contribution in [1.82, 2.24) is 5.32 Å². The maximum absolute atomic E-state index is 11.8. The Morgan fingerprint density at radius 2 is 2.06 bits per heavy atom. The first-order valence-corrected chi connectivity index (χ1v) is 6.83. The second-order valence-electron chi connectivity index (χ2n) is 5.17. The van der Waals surface area contributed by atoms with Gasteiger partial charge in [0.2, 0.25) is 5.91 Å². The van der Waals surface area contributed by atoms with Crippen molar-refractivity contribution in [2.45, 2.75) is 38.1 Å². The summed E-state index contributed by atoms with van der Waals surface area (Å²) in [5, 5.41) is 2.94. The number of carbonyl (C=O) groups is 1. The van der Waals surface area contributed by atoms with E-state index in [1.54, 1.807) is 0 Å². The van der Waals surface area contributed by atoms with Crippen molar-refractivity contribution in [3.05, 3.63) is 35.9 Å². The molecule has 0 radical (unpaired) electrons. The SMILES string of the molecule is NC(Cc1ccccc1)C(=O)NCCC1CCC1. The molecule has 0 heterocycles. The van der Waals surface area contributed by atoms with Gasteiger partial charge < -0.3 is 11.1 Å². The van der Waals surface area contributed by atoms with Crippen molar-refractivity contribution >= 4 is 5.91 Å².